The number of rotatable bonds is 7. The number of hydrogen-bond donors (Lipinski definition) is 1. The van der Waals surface area contributed by atoms with Gasteiger partial charge in [0.1, 0.15) is 0 Å². The molecule has 106 valence electrons. The average Bonchev–Trinajstić information content (AvgIpc) is 3.17. The van der Waals surface area contributed by atoms with Crippen LogP contribution >= 0.6 is 0 Å². The first kappa shape index (κ1) is 14.3. The van der Waals surface area contributed by atoms with Crippen LogP contribution in [0.25, 0.3) is 0 Å². The SMILES string of the molecule is CCCNC(C)C1(Cc2ccc(OC)c(F)c2)CC1. The van der Waals surface area contributed by atoms with Crippen LogP contribution in [0.15, 0.2) is 18.2 Å². The number of hydrogen-bond acceptors (Lipinski definition) is 2. The van der Waals surface area contributed by atoms with Gasteiger partial charge in [-0.25, -0.2) is 4.39 Å². The quantitative estimate of drug-likeness (QED) is 0.814. The third-order valence-electron chi connectivity index (χ3n) is 4.28. The molecule has 0 amide bonds. The number of ether oxygens (including phenoxy) is 1. The lowest BCUT2D eigenvalue weighted by molar-refractivity contribution is 0.348. The van der Waals surface area contributed by atoms with E-state index in [0.29, 0.717) is 17.2 Å². The van der Waals surface area contributed by atoms with E-state index in [9.17, 15) is 4.39 Å². The zero-order valence-corrected chi connectivity index (χ0v) is 12.1. The van der Waals surface area contributed by atoms with Crippen LogP contribution in [-0.2, 0) is 6.42 Å². The molecule has 0 radical (unpaired) electrons. The van der Waals surface area contributed by atoms with E-state index < -0.39 is 0 Å². The minimum absolute atomic E-state index is 0.259. The first-order valence-electron chi connectivity index (χ1n) is 7.17. The highest BCUT2D eigenvalue weighted by Crippen LogP contribution is 2.51. The van der Waals surface area contributed by atoms with E-state index in [2.05, 4.69) is 19.2 Å². The number of benzene rings is 1. The lowest BCUT2D eigenvalue weighted by atomic mass is 9.89. The highest BCUT2D eigenvalue weighted by molar-refractivity contribution is 5.30. The molecule has 0 bridgehead atoms. The Labute approximate surface area is 115 Å². The van der Waals surface area contributed by atoms with Gasteiger partial charge in [0.2, 0.25) is 0 Å². The summed E-state index contributed by atoms with van der Waals surface area (Å²) < 4.78 is 18.7. The molecule has 0 saturated heterocycles. The van der Waals surface area contributed by atoms with Crippen molar-refractivity contribution in [1.82, 2.24) is 5.32 Å². The Morgan fingerprint density at radius 2 is 2.16 bits per heavy atom. The topological polar surface area (TPSA) is 21.3 Å². The van der Waals surface area contributed by atoms with Gasteiger partial charge >= 0.3 is 0 Å². The van der Waals surface area contributed by atoms with Crippen LogP contribution in [0.3, 0.4) is 0 Å². The molecule has 1 aliphatic rings. The Hall–Kier alpha value is -1.09. The molecule has 0 aromatic heterocycles. The molecule has 0 aliphatic heterocycles. The van der Waals surface area contributed by atoms with Gasteiger partial charge in [0.25, 0.3) is 0 Å². The van der Waals surface area contributed by atoms with Crippen molar-refractivity contribution >= 4 is 0 Å². The van der Waals surface area contributed by atoms with Crippen LogP contribution in [0.1, 0.15) is 38.7 Å². The van der Waals surface area contributed by atoms with Gasteiger partial charge in [-0.2, -0.15) is 0 Å². The summed E-state index contributed by atoms with van der Waals surface area (Å²) in [4.78, 5) is 0. The van der Waals surface area contributed by atoms with Gasteiger partial charge in [-0.05, 0) is 62.3 Å². The van der Waals surface area contributed by atoms with E-state index in [4.69, 9.17) is 4.74 Å². The Bertz CT molecular complexity index is 429. The maximum Gasteiger partial charge on any atom is 0.165 e. The fourth-order valence-electron chi connectivity index (χ4n) is 2.73. The Morgan fingerprint density at radius 3 is 2.68 bits per heavy atom. The molecular formula is C16H24FNO. The van der Waals surface area contributed by atoms with Crippen molar-refractivity contribution in [3.8, 4) is 5.75 Å². The van der Waals surface area contributed by atoms with Crippen molar-refractivity contribution in [2.24, 2.45) is 5.41 Å². The highest BCUT2D eigenvalue weighted by atomic mass is 19.1. The molecule has 1 aromatic rings. The monoisotopic (exact) mass is 265 g/mol. The Morgan fingerprint density at radius 1 is 1.42 bits per heavy atom. The fraction of sp³-hybridized carbons (Fsp3) is 0.625. The molecule has 19 heavy (non-hydrogen) atoms. The molecule has 0 heterocycles. The lowest BCUT2D eigenvalue weighted by Gasteiger charge is -2.25. The van der Waals surface area contributed by atoms with Crippen molar-refractivity contribution in [3.05, 3.63) is 29.6 Å². The zero-order valence-electron chi connectivity index (χ0n) is 12.1. The molecule has 1 saturated carbocycles. The van der Waals surface area contributed by atoms with E-state index in [-0.39, 0.29) is 5.82 Å². The van der Waals surface area contributed by atoms with Crippen molar-refractivity contribution in [3.63, 3.8) is 0 Å². The second-order valence-electron chi connectivity index (χ2n) is 5.68. The average molecular weight is 265 g/mol. The molecule has 3 heteroatoms. The third-order valence-corrected chi connectivity index (χ3v) is 4.28. The van der Waals surface area contributed by atoms with E-state index in [1.807, 2.05) is 6.07 Å². The minimum Gasteiger partial charge on any atom is -0.494 e. The summed E-state index contributed by atoms with van der Waals surface area (Å²) in [6.07, 6.45) is 4.57. The minimum atomic E-state index is -0.259. The second kappa shape index (κ2) is 5.91. The van der Waals surface area contributed by atoms with Gasteiger partial charge < -0.3 is 10.1 Å². The van der Waals surface area contributed by atoms with Crippen LogP contribution in [-0.4, -0.2) is 19.7 Å². The maximum absolute atomic E-state index is 13.7. The van der Waals surface area contributed by atoms with Crippen LogP contribution in [0.2, 0.25) is 0 Å². The number of halogens is 1. The highest BCUT2D eigenvalue weighted by Gasteiger charge is 2.46. The van der Waals surface area contributed by atoms with Crippen molar-refractivity contribution in [2.45, 2.75) is 45.6 Å². The van der Waals surface area contributed by atoms with E-state index in [1.54, 1.807) is 12.1 Å². The first-order chi connectivity index (χ1) is 9.11. The van der Waals surface area contributed by atoms with Crippen LogP contribution < -0.4 is 10.1 Å². The normalized spacial score (nSPS) is 18.1. The molecule has 1 aliphatic carbocycles. The maximum atomic E-state index is 13.7. The van der Waals surface area contributed by atoms with E-state index in [1.165, 1.54) is 20.0 Å². The summed E-state index contributed by atoms with van der Waals surface area (Å²) in [5, 5.41) is 3.57. The van der Waals surface area contributed by atoms with Gasteiger partial charge in [-0.3, -0.25) is 0 Å². The van der Waals surface area contributed by atoms with E-state index in [0.717, 1.165) is 24.9 Å². The number of nitrogens with one attached hydrogen (secondary N) is 1. The smallest absolute Gasteiger partial charge is 0.165 e. The standard InChI is InChI=1S/C16H24FNO/c1-4-9-18-12(2)16(7-8-16)11-13-5-6-15(19-3)14(17)10-13/h5-6,10,12,18H,4,7-9,11H2,1-3H3. The summed E-state index contributed by atoms with van der Waals surface area (Å²) in [5.41, 5.74) is 1.40. The largest absolute Gasteiger partial charge is 0.494 e. The summed E-state index contributed by atoms with van der Waals surface area (Å²) in [5.74, 6) is 0.0655. The molecule has 2 rings (SSSR count). The molecule has 1 aromatic carbocycles. The van der Waals surface area contributed by atoms with Gasteiger partial charge in [-0.15, -0.1) is 0 Å². The summed E-state index contributed by atoms with van der Waals surface area (Å²) >= 11 is 0. The van der Waals surface area contributed by atoms with Crippen LogP contribution in [0, 0.1) is 11.2 Å². The summed E-state index contributed by atoms with van der Waals surface area (Å²) in [6.45, 7) is 5.49. The van der Waals surface area contributed by atoms with Crippen molar-refractivity contribution in [2.75, 3.05) is 13.7 Å². The van der Waals surface area contributed by atoms with Crippen molar-refractivity contribution < 1.29 is 9.13 Å². The molecule has 1 N–H and O–H groups in total. The van der Waals surface area contributed by atoms with E-state index >= 15 is 0 Å². The molecule has 2 nitrogen and oxygen atoms in total. The van der Waals surface area contributed by atoms with Gasteiger partial charge in [0, 0.05) is 6.04 Å². The number of methoxy groups -OCH3 is 1. The Balaban J connectivity index is 2.02. The first-order valence-corrected chi connectivity index (χ1v) is 7.17. The Kier molecular flexibility index (Phi) is 4.46. The summed E-state index contributed by atoms with van der Waals surface area (Å²) in [6, 6.07) is 5.82. The van der Waals surface area contributed by atoms with Crippen LogP contribution in [0.5, 0.6) is 5.75 Å². The fourth-order valence-corrected chi connectivity index (χ4v) is 2.73. The third kappa shape index (κ3) is 3.27. The summed E-state index contributed by atoms with van der Waals surface area (Å²) in [7, 11) is 1.50. The predicted molar refractivity (Wildman–Crippen MR) is 76.1 cm³/mol. The van der Waals surface area contributed by atoms with Gasteiger partial charge in [-0.1, -0.05) is 13.0 Å². The zero-order chi connectivity index (χ0) is 13.9. The van der Waals surface area contributed by atoms with Gasteiger partial charge in [0.15, 0.2) is 11.6 Å². The van der Waals surface area contributed by atoms with Crippen molar-refractivity contribution in [1.29, 1.82) is 0 Å². The molecule has 0 spiro atoms. The molecule has 1 atom stereocenters. The molecular weight excluding hydrogens is 241 g/mol. The van der Waals surface area contributed by atoms with Gasteiger partial charge in [0.05, 0.1) is 7.11 Å². The second-order valence-corrected chi connectivity index (χ2v) is 5.68. The lowest BCUT2D eigenvalue weighted by Crippen LogP contribution is -2.36. The predicted octanol–water partition coefficient (Wildman–Crippen LogP) is 3.55. The molecule has 1 unspecified atom stereocenters. The molecule has 1 fully saturated rings. The van der Waals surface area contributed by atoms with Crippen LogP contribution in [0.4, 0.5) is 4.39 Å².